The van der Waals surface area contributed by atoms with Crippen LogP contribution < -0.4 is 4.90 Å². The molecule has 1 N–H and O–H groups in total. The fourth-order valence-electron chi connectivity index (χ4n) is 3.74. The van der Waals surface area contributed by atoms with Crippen LogP contribution in [-0.2, 0) is 6.42 Å². The Bertz CT molecular complexity index is 824. The van der Waals surface area contributed by atoms with Crippen LogP contribution in [-0.4, -0.2) is 43.2 Å². The number of anilines is 1. The molecule has 0 bridgehead atoms. The maximum Gasteiger partial charge on any atom is 0.355 e. The summed E-state index contributed by atoms with van der Waals surface area (Å²) in [7, 11) is 0. The van der Waals surface area contributed by atoms with Crippen LogP contribution in [0.25, 0.3) is 5.65 Å². The second-order valence-electron chi connectivity index (χ2n) is 5.97. The molecule has 0 spiro atoms. The van der Waals surface area contributed by atoms with E-state index < -0.39 is 10.9 Å². The first-order chi connectivity index (χ1) is 11.1. The topological polar surface area (TPSA) is 114 Å². The average molecular weight is 317 g/mol. The van der Waals surface area contributed by atoms with Gasteiger partial charge in [-0.3, -0.25) is 10.1 Å². The van der Waals surface area contributed by atoms with Gasteiger partial charge in [0, 0.05) is 18.2 Å². The van der Waals surface area contributed by atoms with E-state index >= 15 is 0 Å². The van der Waals surface area contributed by atoms with Gasteiger partial charge in [0.1, 0.15) is 12.0 Å². The van der Waals surface area contributed by atoms with Gasteiger partial charge >= 0.3 is 11.7 Å². The number of hydrogen-bond donors (Lipinski definition) is 1. The van der Waals surface area contributed by atoms with Crippen LogP contribution in [0.5, 0.6) is 0 Å². The van der Waals surface area contributed by atoms with Gasteiger partial charge in [0.2, 0.25) is 5.65 Å². The Morgan fingerprint density at radius 2 is 2.13 bits per heavy atom. The number of carbonyl (C=O) groups is 1. The van der Waals surface area contributed by atoms with Crippen molar-refractivity contribution in [3.8, 4) is 0 Å². The summed E-state index contributed by atoms with van der Waals surface area (Å²) in [5.74, 6) is -0.500. The van der Waals surface area contributed by atoms with Crippen molar-refractivity contribution in [2.24, 2.45) is 0 Å². The predicted molar refractivity (Wildman–Crippen MR) is 79.9 cm³/mol. The SMILES string of the molecule is O=C(O)c1nc2c([N+](=O)[O-])cnn2c2c1CCN2C1CCCC1. The van der Waals surface area contributed by atoms with Crippen molar-refractivity contribution >= 4 is 23.1 Å². The molecule has 0 amide bonds. The molecule has 0 saturated heterocycles. The van der Waals surface area contributed by atoms with E-state index in [1.54, 1.807) is 0 Å². The first kappa shape index (κ1) is 13.9. The quantitative estimate of drug-likeness (QED) is 0.676. The van der Waals surface area contributed by atoms with Crippen LogP contribution in [0.4, 0.5) is 11.5 Å². The van der Waals surface area contributed by atoms with Crippen molar-refractivity contribution in [3.63, 3.8) is 0 Å². The molecule has 2 aromatic heterocycles. The Morgan fingerprint density at radius 1 is 1.39 bits per heavy atom. The number of rotatable bonds is 3. The van der Waals surface area contributed by atoms with Crippen LogP contribution in [0.3, 0.4) is 0 Å². The number of carboxylic acid groups (broad SMARTS) is 1. The third-order valence-electron chi connectivity index (χ3n) is 4.74. The van der Waals surface area contributed by atoms with Crippen LogP contribution in [0.15, 0.2) is 6.20 Å². The van der Waals surface area contributed by atoms with Crippen LogP contribution in [0, 0.1) is 10.1 Å². The molecule has 2 aliphatic rings. The number of carboxylic acids is 1. The zero-order chi connectivity index (χ0) is 16.1. The largest absolute Gasteiger partial charge is 0.476 e. The monoisotopic (exact) mass is 317 g/mol. The van der Waals surface area contributed by atoms with Gasteiger partial charge in [-0.15, -0.1) is 0 Å². The molecule has 1 aliphatic carbocycles. The van der Waals surface area contributed by atoms with Gasteiger partial charge in [0.25, 0.3) is 0 Å². The third-order valence-corrected chi connectivity index (χ3v) is 4.74. The van der Waals surface area contributed by atoms with Crippen LogP contribution >= 0.6 is 0 Å². The molecular weight excluding hydrogens is 302 g/mol. The number of fused-ring (bicyclic) bond motifs is 3. The summed E-state index contributed by atoms with van der Waals surface area (Å²) in [6, 6.07) is 0.340. The molecule has 23 heavy (non-hydrogen) atoms. The summed E-state index contributed by atoms with van der Waals surface area (Å²) in [4.78, 5) is 28.3. The van der Waals surface area contributed by atoms with Crippen molar-refractivity contribution in [1.82, 2.24) is 14.6 Å². The van der Waals surface area contributed by atoms with E-state index in [1.165, 1.54) is 4.52 Å². The van der Waals surface area contributed by atoms with Gasteiger partial charge in [0.15, 0.2) is 5.69 Å². The van der Waals surface area contributed by atoms with E-state index in [2.05, 4.69) is 15.0 Å². The van der Waals surface area contributed by atoms with Crippen molar-refractivity contribution in [2.45, 2.75) is 38.1 Å². The minimum absolute atomic E-state index is 0.00366. The van der Waals surface area contributed by atoms with E-state index in [4.69, 9.17) is 0 Å². The highest BCUT2D eigenvalue weighted by atomic mass is 16.6. The highest BCUT2D eigenvalue weighted by Gasteiger charge is 2.36. The fourth-order valence-corrected chi connectivity index (χ4v) is 3.74. The Kier molecular flexibility index (Phi) is 2.97. The Hall–Kier alpha value is -2.71. The fraction of sp³-hybridized carbons (Fsp3) is 0.500. The van der Waals surface area contributed by atoms with E-state index in [-0.39, 0.29) is 17.0 Å². The van der Waals surface area contributed by atoms with Crippen molar-refractivity contribution in [2.75, 3.05) is 11.4 Å². The maximum atomic E-state index is 11.6. The van der Waals surface area contributed by atoms with Gasteiger partial charge in [-0.2, -0.15) is 9.61 Å². The maximum absolute atomic E-state index is 11.6. The molecule has 2 aromatic rings. The number of hydrogen-bond acceptors (Lipinski definition) is 6. The zero-order valence-corrected chi connectivity index (χ0v) is 12.3. The first-order valence-corrected chi connectivity index (χ1v) is 7.63. The lowest BCUT2D eigenvalue weighted by molar-refractivity contribution is -0.383. The lowest BCUT2D eigenvalue weighted by atomic mass is 10.2. The summed E-state index contributed by atoms with van der Waals surface area (Å²) >= 11 is 0. The first-order valence-electron chi connectivity index (χ1n) is 7.63. The lowest BCUT2D eigenvalue weighted by Crippen LogP contribution is -2.32. The van der Waals surface area contributed by atoms with Crippen molar-refractivity contribution in [1.29, 1.82) is 0 Å². The number of nitrogens with zero attached hydrogens (tertiary/aromatic N) is 5. The molecule has 120 valence electrons. The van der Waals surface area contributed by atoms with Gasteiger partial charge in [-0.25, -0.2) is 9.78 Å². The Balaban J connectivity index is 1.97. The summed E-state index contributed by atoms with van der Waals surface area (Å²) < 4.78 is 1.44. The molecule has 3 heterocycles. The average Bonchev–Trinajstić information content (AvgIpc) is 3.23. The van der Waals surface area contributed by atoms with E-state index in [9.17, 15) is 20.0 Å². The number of aromatic nitrogens is 3. The van der Waals surface area contributed by atoms with E-state index in [0.29, 0.717) is 30.4 Å². The minimum Gasteiger partial charge on any atom is -0.476 e. The second-order valence-corrected chi connectivity index (χ2v) is 5.97. The minimum atomic E-state index is -1.16. The second kappa shape index (κ2) is 4.90. The predicted octanol–water partition coefficient (Wildman–Crippen LogP) is 1.64. The molecule has 1 saturated carbocycles. The van der Waals surface area contributed by atoms with Gasteiger partial charge in [-0.05, 0) is 19.3 Å². The van der Waals surface area contributed by atoms with Crippen molar-refractivity contribution < 1.29 is 14.8 Å². The molecule has 9 heteroatoms. The number of nitro groups is 1. The molecule has 0 aromatic carbocycles. The summed E-state index contributed by atoms with van der Waals surface area (Å²) in [6.45, 7) is 0.703. The van der Waals surface area contributed by atoms with Gasteiger partial charge < -0.3 is 10.0 Å². The van der Waals surface area contributed by atoms with Gasteiger partial charge in [-0.1, -0.05) is 12.8 Å². The van der Waals surface area contributed by atoms with Crippen molar-refractivity contribution in [3.05, 3.63) is 27.6 Å². The molecular formula is C14H15N5O4. The molecule has 9 nitrogen and oxygen atoms in total. The smallest absolute Gasteiger partial charge is 0.355 e. The van der Waals surface area contributed by atoms with E-state index in [1.807, 2.05) is 0 Å². The zero-order valence-electron chi connectivity index (χ0n) is 12.3. The molecule has 4 rings (SSSR count). The van der Waals surface area contributed by atoms with Gasteiger partial charge in [0.05, 0.1) is 4.92 Å². The summed E-state index contributed by atoms with van der Waals surface area (Å²) in [5, 5.41) is 24.7. The highest BCUT2D eigenvalue weighted by Crippen LogP contribution is 2.37. The summed E-state index contributed by atoms with van der Waals surface area (Å²) in [6.07, 6.45) is 6.11. The molecule has 0 atom stereocenters. The number of aromatic carboxylic acids is 1. The third kappa shape index (κ3) is 1.96. The molecule has 0 unspecified atom stereocenters. The summed E-state index contributed by atoms with van der Waals surface area (Å²) in [5.41, 5.74) is 0.246. The standard InChI is InChI=1S/C14H15N5O4/c20-14(21)11-9-5-6-17(8-3-1-2-4-8)13(9)18-12(16-11)10(7-15-18)19(22)23/h7-8H,1-6H2,(H,20,21). The van der Waals surface area contributed by atoms with Crippen LogP contribution in [0.1, 0.15) is 41.7 Å². The molecule has 1 aliphatic heterocycles. The molecule has 0 radical (unpaired) electrons. The molecule has 1 fully saturated rings. The van der Waals surface area contributed by atoms with E-state index in [0.717, 1.165) is 31.9 Å². The highest BCUT2D eigenvalue weighted by molar-refractivity contribution is 5.91. The van der Waals surface area contributed by atoms with Crippen LogP contribution in [0.2, 0.25) is 0 Å². The Morgan fingerprint density at radius 3 is 2.78 bits per heavy atom. The normalized spacial score (nSPS) is 17.8. The Labute approximate surface area is 130 Å². The lowest BCUT2D eigenvalue weighted by Gasteiger charge is -2.26.